The molecular formula is C18H35N3O2. The molecule has 23 heavy (non-hydrogen) atoms. The highest BCUT2D eigenvalue weighted by Gasteiger charge is 2.53. The van der Waals surface area contributed by atoms with Crippen molar-refractivity contribution in [2.24, 2.45) is 10.4 Å². The zero-order valence-electron chi connectivity index (χ0n) is 15.7. The number of nitrogens with zero attached hydrogens (tertiary/aromatic N) is 2. The Morgan fingerprint density at radius 2 is 2.13 bits per heavy atom. The van der Waals surface area contributed by atoms with Gasteiger partial charge in [-0.2, -0.15) is 0 Å². The third-order valence-corrected chi connectivity index (χ3v) is 5.51. The zero-order valence-corrected chi connectivity index (χ0v) is 15.7. The number of hydrogen-bond acceptors (Lipinski definition) is 3. The Bertz CT molecular complexity index is 401. The van der Waals surface area contributed by atoms with Crippen LogP contribution in [0.25, 0.3) is 0 Å². The van der Waals surface area contributed by atoms with Crippen LogP contribution in [0.2, 0.25) is 0 Å². The van der Waals surface area contributed by atoms with Crippen molar-refractivity contribution in [1.82, 2.24) is 10.2 Å². The lowest BCUT2D eigenvalue weighted by molar-refractivity contribution is -0.0667. The minimum atomic E-state index is 0.143. The van der Waals surface area contributed by atoms with Gasteiger partial charge in [0.2, 0.25) is 0 Å². The van der Waals surface area contributed by atoms with E-state index in [9.17, 15) is 0 Å². The van der Waals surface area contributed by atoms with E-state index in [-0.39, 0.29) is 5.54 Å². The van der Waals surface area contributed by atoms with Crippen molar-refractivity contribution in [3.05, 3.63) is 0 Å². The van der Waals surface area contributed by atoms with E-state index in [1.807, 2.05) is 0 Å². The van der Waals surface area contributed by atoms with Crippen LogP contribution in [0.1, 0.15) is 53.9 Å². The van der Waals surface area contributed by atoms with E-state index in [1.165, 1.54) is 6.42 Å². The van der Waals surface area contributed by atoms with Crippen molar-refractivity contribution in [2.45, 2.75) is 65.5 Å². The highest BCUT2D eigenvalue weighted by atomic mass is 16.5. The van der Waals surface area contributed by atoms with Gasteiger partial charge in [0.15, 0.2) is 5.96 Å². The van der Waals surface area contributed by atoms with Crippen molar-refractivity contribution in [2.75, 3.05) is 39.5 Å². The molecule has 5 nitrogen and oxygen atoms in total. The molecule has 2 rings (SSSR count). The molecule has 0 aromatic rings. The van der Waals surface area contributed by atoms with Gasteiger partial charge in [-0.1, -0.05) is 13.8 Å². The molecule has 0 bridgehead atoms. The van der Waals surface area contributed by atoms with Crippen molar-refractivity contribution < 1.29 is 9.47 Å². The summed E-state index contributed by atoms with van der Waals surface area (Å²) in [5, 5.41) is 3.43. The Morgan fingerprint density at radius 3 is 2.70 bits per heavy atom. The maximum absolute atomic E-state index is 5.71. The third kappa shape index (κ3) is 4.38. The number of nitrogens with one attached hydrogen (secondary N) is 1. The van der Waals surface area contributed by atoms with E-state index in [4.69, 9.17) is 14.5 Å². The van der Waals surface area contributed by atoms with Crippen molar-refractivity contribution in [1.29, 1.82) is 0 Å². The Kier molecular flexibility index (Phi) is 6.32. The molecule has 5 heteroatoms. The normalized spacial score (nSPS) is 26.2. The zero-order chi connectivity index (χ0) is 16.9. The monoisotopic (exact) mass is 325 g/mol. The van der Waals surface area contributed by atoms with Crippen LogP contribution in [0.5, 0.6) is 0 Å². The first-order chi connectivity index (χ1) is 10.9. The quantitative estimate of drug-likeness (QED) is 0.444. The lowest BCUT2D eigenvalue weighted by Crippen LogP contribution is -2.72. The average Bonchev–Trinajstić information content (AvgIpc) is 3.00. The lowest BCUT2D eigenvalue weighted by atomic mass is 9.65. The van der Waals surface area contributed by atoms with Gasteiger partial charge in [-0.15, -0.1) is 0 Å². The second kappa shape index (κ2) is 7.84. The molecule has 1 N–H and O–H groups in total. The Balaban J connectivity index is 1.72. The van der Waals surface area contributed by atoms with Crippen LogP contribution in [-0.2, 0) is 9.47 Å². The van der Waals surface area contributed by atoms with Crippen LogP contribution in [0.4, 0.5) is 0 Å². The highest BCUT2D eigenvalue weighted by molar-refractivity contribution is 5.82. The van der Waals surface area contributed by atoms with Gasteiger partial charge in [0.25, 0.3) is 0 Å². The first kappa shape index (κ1) is 18.5. The van der Waals surface area contributed by atoms with Crippen molar-refractivity contribution in [3.8, 4) is 0 Å². The molecule has 134 valence electrons. The Morgan fingerprint density at radius 1 is 1.35 bits per heavy atom. The number of ether oxygens (including phenoxy) is 2. The number of guanidine groups is 1. The fourth-order valence-electron chi connectivity index (χ4n) is 3.14. The maximum atomic E-state index is 5.71. The van der Waals surface area contributed by atoms with E-state index in [0.29, 0.717) is 11.5 Å². The number of rotatable bonds is 7. The molecule has 2 fully saturated rings. The summed E-state index contributed by atoms with van der Waals surface area (Å²) in [6.45, 7) is 16.5. The van der Waals surface area contributed by atoms with E-state index in [0.717, 1.165) is 58.3 Å². The minimum Gasteiger partial charge on any atom is -0.379 e. The van der Waals surface area contributed by atoms with Crippen molar-refractivity contribution in [3.63, 3.8) is 0 Å². The molecule has 0 aliphatic carbocycles. The van der Waals surface area contributed by atoms with E-state index in [1.54, 1.807) is 0 Å². The molecule has 0 amide bonds. The van der Waals surface area contributed by atoms with Crippen LogP contribution >= 0.6 is 0 Å². The molecule has 0 saturated carbocycles. The third-order valence-electron chi connectivity index (χ3n) is 5.51. The minimum absolute atomic E-state index is 0.143. The summed E-state index contributed by atoms with van der Waals surface area (Å²) in [5.74, 6) is 1.04. The second-order valence-corrected chi connectivity index (χ2v) is 7.83. The van der Waals surface area contributed by atoms with Gasteiger partial charge in [-0.3, -0.25) is 4.99 Å². The second-order valence-electron chi connectivity index (χ2n) is 7.83. The number of likely N-dealkylation sites (tertiary alicyclic amines) is 1. The standard InChI is InChI=1S/C18H35N3O2/c1-6-19-16(21-14-17(2,3)18(21,4)5)20-10-8-11-22-13-15-9-7-12-23-15/h15H,6-14H2,1-5H3,(H,19,20). The number of hydrogen-bond donors (Lipinski definition) is 1. The van der Waals surface area contributed by atoms with Gasteiger partial charge in [0.1, 0.15) is 0 Å². The maximum Gasteiger partial charge on any atom is 0.194 e. The molecular weight excluding hydrogens is 290 g/mol. The molecule has 0 spiro atoms. The first-order valence-corrected chi connectivity index (χ1v) is 9.14. The molecule has 0 radical (unpaired) electrons. The van der Waals surface area contributed by atoms with E-state index >= 15 is 0 Å². The van der Waals surface area contributed by atoms with Gasteiger partial charge in [0, 0.05) is 43.8 Å². The van der Waals surface area contributed by atoms with Gasteiger partial charge in [-0.05, 0) is 40.0 Å². The predicted octanol–water partition coefficient (Wildman–Crippen LogP) is 2.66. The van der Waals surface area contributed by atoms with Crippen LogP contribution < -0.4 is 5.32 Å². The summed E-state index contributed by atoms with van der Waals surface area (Å²) >= 11 is 0. The van der Waals surface area contributed by atoms with Gasteiger partial charge < -0.3 is 19.7 Å². The van der Waals surface area contributed by atoms with Crippen LogP contribution in [-0.4, -0.2) is 62.0 Å². The summed E-state index contributed by atoms with van der Waals surface area (Å²) in [5.41, 5.74) is 0.470. The average molecular weight is 325 g/mol. The molecule has 0 aromatic carbocycles. The molecule has 2 aliphatic rings. The predicted molar refractivity (Wildman–Crippen MR) is 95.0 cm³/mol. The highest BCUT2D eigenvalue weighted by Crippen LogP contribution is 2.46. The summed E-state index contributed by atoms with van der Waals surface area (Å²) in [6.07, 6.45) is 3.59. The van der Waals surface area contributed by atoms with Gasteiger partial charge in [0.05, 0.1) is 12.7 Å². The molecule has 1 atom stereocenters. The topological polar surface area (TPSA) is 46.1 Å². The SMILES string of the molecule is CCNC(=NCCCOCC1CCCO1)N1CC(C)(C)C1(C)C. The fraction of sp³-hybridized carbons (Fsp3) is 0.944. The summed E-state index contributed by atoms with van der Waals surface area (Å²) in [7, 11) is 0. The molecule has 2 saturated heterocycles. The lowest BCUT2D eigenvalue weighted by Gasteiger charge is -2.62. The molecule has 2 aliphatic heterocycles. The van der Waals surface area contributed by atoms with Crippen molar-refractivity contribution >= 4 is 5.96 Å². The molecule has 2 heterocycles. The summed E-state index contributed by atoms with van der Waals surface area (Å²) in [4.78, 5) is 7.18. The first-order valence-electron chi connectivity index (χ1n) is 9.14. The Hall–Kier alpha value is -0.810. The largest absolute Gasteiger partial charge is 0.379 e. The number of aliphatic imine (C=N–C) groups is 1. The summed E-state index contributed by atoms with van der Waals surface area (Å²) < 4.78 is 11.3. The fourth-order valence-corrected chi connectivity index (χ4v) is 3.14. The van der Waals surface area contributed by atoms with E-state index < -0.39 is 0 Å². The van der Waals surface area contributed by atoms with Gasteiger partial charge in [-0.25, -0.2) is 0 Å². The van der Waals surface area contributed by atoms with E-state index in [2.05, 4.69) is 44.8 Å². The van der Waals surface area contributed by atoms with Crippen LogP contribution in [0.15, 0.2) is 4.99 Å². The van der Waals surface area contributed by atoms with Crippen LogP contribution in [0.3, 0.4) is 0 Å². The van der Waals surface area contributed by atoms with Crippen LogP contribution in [0, 0.1) is 5.41 Å². The smallest absolute Gasteiger partial charge is 0.194 e. The van der Waals surface area contributed by atoms with Gasteiger partial charge >= 0.3 is 0 Å². The molecule has 0 aromatic heterocycles. The summed E-state index contributed by atoms with van der Waals surface area (Å²) in [6, 6.07) is 0. The molecule has 1 unspecified atom stereocenters. The Labute approximate surface area is 141 Å².